The van der Waals surface area contributed by atoms with Crippen molar-refractivity contribution in [3.05, 3.63) is 64.7 Å². The van der Waals surface area contributed by atoms with Crippen molar-refractivity contribution < 1.29 is 4.74 Å². The van der Waals surface area contributed by atoms with Crippen LogP contribution in [0.15, 0.2) is 48.5 Å². The molecular weight excluding hydrogens is 291 g/mol. The average molecular weight is 305 g/mol. The van der Waals surface area contributed by atoms with Gasteiger partial charge in [0, 0.05) is 28.5 Å². The zero-order valence-corrected chi connectivity index (χ0v) is 12.4. The van der Waals surface area contributed by atoms with Gasteiger partial charge in [0.15, 0.2) is 0 Å². The Morgan fingerprint density at radius 1 is 1.05 bits per heavy atom. The first-order chi connectivity index (χ1) is 9.79. The number of halogens is 2. The van der Waals surface area contributed by atoms with E-state index in [1.807, 2.05) is 48.5 Å². The number of benzene rings is 2. The molecule has 1 nitrogen and oxygen atoms in total. The molecule has 0 N–H and O–H groups in total. The third-order valence-corrected chi connectivity index (χ3v) is 3.20. The van der Waals surface area contributed by atoms with Crippen LogP contribution in [0.2, 0.25) is 5.02 Å². The second-order valence-electron chi connectivity index (χ2n) is 4.15. The molecule has 20 heavy (non-hydrogen) atoms. The van der Waals surface area contributed by atoms with Crippen LogP contribution in [0.1, 0.15) is 17.5 Å². The van der Waals surface area contributed by atoms with Gasteiger partial charge in [0.05, 0.1) is 0 Å². The molecule has 0 saturated carbocycles. The van der Waals surface area contributed by atoms with E-state index >= 15 is 0 Å². The lowest BCUT2D eigenvalue weighted by molar-refractivity contribution is 0.306. The number of hydrogen-bond donors (Lipinski definition) is 0. The fourth-order valence-electron chi connectivity index (χ4n) is 1.65. The molecule has 0 heterocycles. The molecule has 0 spiro atoms. The predicted molar refractivity (Wildman–Crippen MR) is 84.4 cm³/mol. The molecule has 0 aromatic heterocycles. The number of ether oxygens (including phenoxy) is 1. The average Bonchev–Trinajstić information content (AvgIpc) is 2.47. The Morgan fingerprint density at radius 2 is 1.90 bits per heavy atom. The quantitative estimate of drug-likeness (QED) is 0.576. The highest BCUT2D eigenvalue weighted by molar-refractivity contribution is 6.31. The van der Waals surface area contributed by atoms with Crippen LogP contribution in [0.4, 0.5) is 0 Å². The zero-order chi connectivity index (χ0) is 14.2. The van der Waals surface area contributed by atoms with Crippen LogP contribution in [0.25, 0.3) is 0 Å². The predicted octanol–water partition coefficient (Wildman–Crippen LogP) is 4.90. The van der Waals surface area contributed by atoms with Gasteiger partial charge in [-0.1, -0.05) is 47.7 Å². The highest BCUT2D eigenvalue weighted by Gasteiger charge is 2.00. The summed E-state index contributed by atoms with van der Waals surface area (Å²) >= 11 is 11.7. The Hall–Kier alpha value is -1.62. The third kappa shape index (κ3) is 4.49. The molecule has 0 aliphatic rings. The molecule has 0 radical (unpaired) electrons. The van der Waals surface area contributed by atoms with Crippen molar-refractivity contribution >= 4 is 23.2 Å². The normalized spacial score (nSPS) is 9.70. The summed E-state index contributed by atoms with van der Waals surface area (Å²) in [6, 6.07) is 15.3. The Balaban J connectivity index is 2.02. The lowest BCUT2D eigenvalue weighted by Gasteiger charge is -2.07. The van der Waals surface area contributed by atoms with Crippen LogP contribution < -0.4 is 4.74 Å². The summed E-state index contributed by atoms with van der Waals surface area (Å²) in [5.74, 6) is 7.39. The van der Waals surface area contributed by atoms with Gasteiger partial charge in [-0.25, -0.2) is 0 Å². The van der Waals surface area contributed by atoms with E-state index in [1.54, 1.807) is 0 Å². The molecule has 2 aromatic rings. The second-order valence-corrected chi connectivity index (χ2v) is 4.93. The Bertz CT molecular complexity index is 626. The minimum Gasteiger partial charge on any atom is -0.489 e. The van der Waals surface area contributed by atoms with Crippen LogP contribution in [0.5, 0.6) is 5.75 Å². The number of alkyl halides is 1. The molecule has 0 aliphatic carbocycles. The van der Waals surface area contributed by atoms with Crippen molar-refractivity contribution in [3.8, 4) is 17.6 Å². The summed E-state index contributed by atoms with van der Waals surface area (Å²) in [7, 11) is 0. The Kier molecular flexibility index (Phi) is 5.80. The van der Waals surface area contributed by atoms with Gasteiger partial charge in [-0.3, -0.25) is 0 Å². The van der Waals surface area contributed by atoms with Gasteiger partial charge in [-0.15, -0.1) is 11.6 Å². The monoisotopic (exact) mass is 304 g/mol. The van der Waals surface area contributed by atoms with Crippen molar-refractivity contribution in [1.29, 1.82) is 0 Å². The lowest BCUT2D eigenvalue weighted by Crippen LogP contribution is -1.96. The standard InChI is InChI=1S/C17H14Cl2O/c18-11-4-3-6-14-7-5-9-16(12-14)20-13-15-8-1-2-10-17(15)19/h1-2,5,7-10,12H,4,11,13H2. The molecule has 102 valence electrons. The summed E-state index contributed by atoms with van der Waals surface area (Å²) in [5.41, 5.74) is 1.89. The first-order valence-corrected chi connectivity index (χ1v) is 7.22. The summed E-state index contributed by atoms with van der Waals surface area (Å²) in [5, 5.41) is 0.713. The summed E-state index contributed by atoms with van der Waals surface area (Å²) < 4.78 is 5.74. The van der Waals surface area contributed by atoms with Gasteiger partial charge in [0.25, 0.3) is 0 Å². The molecule has 0 aliphatic heterocycles. The largest absolute Gasteiger partial charge is 0.489 e. The molecular formula is C17H14Cl2O. The molecule has 0 atom stereocenters. The first kappa shape index (κ1) is 14.8. The van der Waals surface area contributed by atoms with Gasteiger partial charge < -0.3 is 4.74 Å². The minimum atomic E-state index is 0.443. The van der Waals surface area contributed by atoms with E-state index in [9.17, 15) is 0 Å². The van der Waals surface area contributed by atoms with Crippen LogP contribution >= 0.6 is 23.2 Å². The van der Waals surface area contributed by atoms with Gasteiger partial charge >= 0.3 is 0 Å². The number of rotatable bonds is 4. The first-order valence-electron chi connectivity index (χ1n) is 6.30. The van der Waals surface area contributed by atoms with Crippen LogP contribution in [-0.2, 0) is 6.61 Å². The van der Waals surface area contributed by atoms with E-state index in [4.69, 9.17) is 27.9 Å². The highest BCUT2D eigenvalue weighted by Crippen LogP contribution is 2.19. The van der Waals surface area contributed by atoms with Gasteiger partial charge in [0.1, 0.15) is 12.4 Å². The van der Waals surface area contributed by atoms with Gasteiger partial charge in [-0.05, 0) is 24.3 Å². The van der Waals surface area contributed by atoms with E-state index < -0.39 is 0 Å². The van der Waals surface area contributed by atoms with Crippen molar-refractivity contribution in [3.63, 3.8) is 0 Å². The smallest absolute Gasteiger partial charge is 0.121 e. The van der Waals surface area contributed by atoms with E-state index in [0.29, 0.717) is 23.9 Å². The van der Waals surface area contributed by atoms with Crippen molar-refractivity contribution in [2.24, 2.45) is 0 Å². The van der Waals surface area contributed by atoms with Crippen molar-refractivity contribution in [2.75, 3.05) is 5.88 Å². The van der Waals surface area contributed by atoms with Crippen LogP contribution in [0.3, 0.4) is 0 Å². The Morgan fingerprint density at radius 3 is 2.70 bits per heavy atom. The zero-order valence-electron chi connectivity index (χ0n) is 10.9. The molecule has 0 amide bonds. The molecule has 3 heteroatoms. The molecule has 0 unspecified atom stereocenters. The summed E-state index contributed by atoms with van der Waals surface area (Å²) in [4.78, 5) is 0. The van der Waals surface area contributed by atoms with Gasteiger partial charge in [0.2, 0.25) is 0 Å². The van der Waals surface area contributed by atoms with E-state index in [1.165, 1.54) is 0 Å². The minimum absolute atomic E-state index is 0.443. The second kappa shape index (κ2) is 7.85. The molecule has 2 aromatic carbocycles. The van der Waals surface area contributed by atoms with E-state index in [0.717, 1.165) is 16.9 Å². The van der Waals surface area contributed by atoms with Crippen LogP contribution in [0, 0.1) is 11.8 Å². The molecule has 0 saturated heterocycles. The summed E-state index contributed by atoms with van der Waals surface area (Å²) in [6.45, 7) is 0.443. The van der Waals surface area contributed by atoms with E-state index in [-0.39, 0.29) is 0 Å². The fraction of sp³-hybridized carbons (Fsp3) is 0.176. The SMILES string of the molecule is ClCCC#Cc1cccc(OCc2ccccc2Cl)c1. The maximum absolute atomic E-state index is 6.09. The third-order valence-electron chi connectivity index (χ3n) is 2.64. The highest BCUT2D eigenvalue weighted by atomic mass is 35.5. The summed E-state index contributed by atoms with van der Waals surface area (Å²) in [6.07, 6.45) is 0.687. The Labute approximate surface area is 129 Å². The van der Waals surface area contributed by atoms with Gasteiger partial charge in [-0.2, -0.15) is 0 Å². The number of hydrogen-bond acceptors (Lipinski definition) is 1. The topological polar surface area (TPSA) is 9.23 Å². The van der Waals surface area contributed by atoms with E-state index in [2.05, 4.69) is 11.8 Å². The molecule has 0 bridgehead atoms. The lowest BCUT2D eigenvalue weighted by atomic mass is 10.2. The maximum atomic E-state index is 6.09. The maximum Gasteiger partial charge on any atom is 0.121 e. The molecule has 2 rings (SSSR count). The molecule has 0 fully saturated rings. The van der Waals surface area contributed by atoms with Crippen LogP contribution in [-0.4, -0.2) is 5.88 Å². The van der Waals surface area contributed by atoms with Crippen molar-refractivity contribution in [1.82, 2.24) is 0 Å². The fourth-order valence-corrected chi connectivity index (χ4v) is 1.94. The van der Waals surface area contributed by atoms with Crippen molar-refractivity contribution in [2.45, 2.75) is 13.0 Å².